The van der Waals surface area contributed by atoms with E-state index in [2.05, 4.69) is 31.3 Å². The SMILES string of the molecule is CC(C)CNCC1(c2cccc(Cl)c2F)CC=CC1. The maximum absolute atomic E-state index is 14.3. The third-order valence-corrected chi connectivity index (χ3v) is 4.01. The van der Waals surface area contributed by atoms with Crippen LogP contribution in [0.25, 0.3) is 0 Å². The first kappa shape index (κ1) is 14.5. The zero-order valence-electron chi connectivity index (χ0n) is 11.5. The summed E-state index contributed by atoms with van der Waals surface area (Å²) in [5.74, 6) is 0.329. The molecule has 1 aliphatic carbocycles. The number of hydrogen-bond acceptors (Lipinski definition) is 1. The molecule has 1 N–H and O–H groups in total. The Kier molecular flexibility index (Phi) is 4.64. The number of hydrogen-bond donors (Lipinski definition) is 1. The van der Waals surface area contributed by atoms with Crippen LogP contribution in [0.15, 0.2) is 30.4 Å². The van der Waals surface area contributed by atoms with E-state index < -0.39 is 0 Å². The highest BCUT2D eigenvalue weighted by Gasteiger charge is 2.35. The number of nitrogens with one attached hydrogen (secondary N) is 1. The Morgan fingerprint density at radius 1 is 1.32 bits per heavy atom. The second-order valence-corrected chi connectivity index (χ2v) is 6.19. The molecule has 0 radical (unpaired) electrons. The van der Waals surface area contributed by atoms with Gasteiger partial charge in [-0.05, 0) is 36.9 Å². The van der Waals surface area contributed by atoms with Gasteiger partial charge in [0.1, 0.15) is 5.82 Å². The van der Waals surface area contributed by atoms with Crippen LogP contribution in [-0.4, -0.2) is 13.1 Å². The summed E-state index contributed by atoms with van der Waals surface area (Å²) >= 11 is 5.92. The van der Waals surface area contributed by atoms with E-state index in [-0.39, 0.29) is 16.3 Å². The van der Waals surface area contributed by atoms with Crippen LogP contribution in [0.3, 0.4) is 0 Å². The molecule has 0 bridgehead atoms. The molecule has 0 amide bonds. The van der Waals surface area contributed by atoms with Crippen molar-refractivity contribution in [3.63, 3.8) is 0 Å². The number of benzene rings is 1. The molecule has 1 aliphatic rings. The zero-order chi connectivity index (χ0) is 13.9. The Bertz CT molecular complexity index is 460. The molecule has 0 aromatic heterocycles. The van der Waals surface area contributed by atoms with E-state index >= 15 is 0 Å². The highest BCUT2D eigenvalue weighted by molar-refractivity contribution is 6.30. The van der Waals surface area contributed by atoms with Crippen LogP contribution in [0.2, 0.25) is 5.02 Å². The van der Waals surface area contributed by atoms with Crippen LogP contribution in [0, 0.1) is 11.7 Å². The summed E-state index contributed by atoms with van der Waals surface area (Å²) in [6.07, 6.45) is 6.01. The first-order valence-electron chi connectivity index (χ1n) is 6.85. The lowest BCUT2D eigenvalue weighted by Gasteiger charge is -2.31. The Morgan fingerprint density at radius 3 is 2.63 bits per heavy atom. The van der Waals surface area contributed by atoms with Crippen LogP contribution in [0.4, 0.5) is 4.39 Å². The molecular formula is C16H21ClFN. The van der Waals surface area contributed by atoms with Crippen molar-refractivity contribution in [1.29, 1.82) is 0 Å². The van der Waals surface area contributed by atoms with Crippen molar-refractivity contribution in [1.82, 2.24) is 5.32 Å². The van der Waals surface area contributed by atoms with Crippen LogP contribution in [-0.2, 0) is 5.41 Å². The summed E-state index contributed by atoms with van der Waals surface area (Å²) < 4.78 is 14.3. The largest absolute Gasteiger partial charge is 0.316 e. The van der Waals surface area contributed by atoms with Gasteiger partial charge < -0.3 is 5.32 Å². The summed E-state index contributed by atoms with van der Waals surface area (Å²) in [6.45, 7) is 6.08. The number of rotatable bonds is 5. The Morgan fingerprint density at radius 2 is 2.00 bits per heavy atom. The Balaban J connectivity index is 2.21. The first-order chi connectivity index (χ1) is 9.05. The summed E-state index contributed by atoms with van der Waals surface area (Å²) in [5.41, 5.74) is 0.561. The molecule has 0 saturated heterocycles. The van der Waals surface area contributed by atoms with E-state index in [0.29, 0.717) is 5.92 Å². The Hall–Kier alpha value is -0.860. The molecule has 0 aliphatic heterocycles. The van der Waals surface area contributed by atoms with Crippen molar-refractivity contribution >= 4 is 11.6 Å². The second-order valence-electron chi connectivity index (χ2n) is 5.79. The lowest BCUT2D eigenvalue weighted by molar-refractivity contribution is 0.387. The molecule has 0 heterocycles. The minimum absolute atomic E-state index is 0.177. The molecule has 0 saturated carbocycles. The quantitative estimate of drug-likeness (QED) is 0.793. The Labute approximate surface area is 119 Å². The molecule has 3 heteroatoms. The van der Waals surface area contributed by atoms with Gasteiger partial charge in [0.2, 0.25) is 0 Å². The normalized spacial score (nSPS) is 17.3. The van der Waals surface area contributed by atoms with Gasteiger partial charge >= 0.3 is 0 Å². The molecule has 1 nitrogen and oxygen atoms in total. The van der Waals surface area contributed by atoms with Gasteiger partial charge in [-0.15, -0.1) is 0 Å². The maximum atomic E-state index is 14.3. The fourth-order valence-corrected chi connectivity index (χ4v) is 2.85. The molecule has 1 aromatic rings. The van der Waals surface area contributed by atoms with Crippen LogP contribution >= 0.6 is 11.6 Å². The monoisotopic (exact) mass is 281 g/mol. The second kappa shape index (κ2) is 6.06. The minimum atomic E-state index is -0.265. The van der Waals surface area contributed by atoms with Gasteiger partial charge in [-0.2, -0.15) is 0 Å². The predicted molar refractivity (Wildman–Crippen MR) is 79.2 cm³/mol. The molecule has 0 atom stereocenters. The van der Waals surface area contributed by atoms with E-state index in [0.717, 1.165) is 31.5 Å². The lowest BCUT2D eigenvalue weighted by Crippen LogP contribution is -2.38. The third-order valence-electron chi connectivity index (χ3n) is 3.72. The van der Waals surface area contributed by atoms with E-state index in [1.165, 1.54) is 0 Å². The summed E-state index contributed by atoms with van der Waals surface area (Å²) in [5, 5.41) is 3.68. The highest BCUT2D eigenvalue weighted by Crippen LogP contribution is 2.39. The van der Waals surface area contributed by atoms with Crippen molar-refractivity contribution in [2.24, 2.45) is 5.92 Å². The maximum Gasteiger partial charge on any atom is 0.145 e. The van der Waals surface area contributed by atoms with E-state index in [4.69, 9.17) is 11.6 Å². The van der Waals surface area contributed by atoms with Crippen molar-refractivity contribution in [3.8, 4) is 0 Å². The fraction of sp³-hybridized carbons (Fsp3) is 0.500. The van der Waals surface area contributed by atoms with Gasteiger partial charge in [-0.3, -0.25) is 0 Å². The molecular weight excluding hydrogens is 261 g/mol. The summed E-state index contributed by atoms with van der Waals surface area (Å²) in [6, 6.07) is 5.31. The first-order valence-corrected chi connectivity index (χ1v) is 7.23. The van der Waals surface area contributed by atoms with Crippen LogP contribution < -0.4 is 5.32 Å². The summed E-state index contributed by atoms with van der Waals surface area (Å²) in [4.78, 5) is 0. The predicted octanol–water partition coefficient (Wildman–Crippen LogP) is 4.31. The third kappa shape index (κ3) is 3.18. The lowest BCUT2D eigenvalue weighted by atomic mass is 9.77. The minimum Gasteiger partial charge on any atom is -0.316 e. The van der Waals surface area contributed by atoms with Gasteiger partial charge in [0, 0.05) is 12.0 Å². The molecule has 19 heavy (non-hydrogen) atoms. The fourth-order valence-electron chi connectivity index (χ4n) is 2.67. The van der Waals surface area contributed by atoms with Crippen LogP contribution in [0.1, 0.15) is 32.3 Å². The van der Waals surface area contributed by atoms with Crippen molar-refractivity contribution in [2.45, 2.75) is 32.1 Å². The molecule has 2 rings (SSSR count). The van der Waals surface area contributed by atoms with Crippen molar-refractivity contribution in [3.05, 3.63) is 46.8 Å². The topological polar surface area (TPSA) is 12.0 Å². The zero-order valence-corrected chi connectivity index (χ0v) is 12.3. The number of allylic oxidation sites excluding steroid dienone is 2. The van der Waals surface area contributed by atoms with Gasteiger partial charge in [0.15, 0.2) is 0 Å². The number of halogens is 2. The molecule has 0 unspecified atom stereocenters. The van der Waals surface area contributed by atoms with Crippen molar-refractivity contribution in [2.75, 3.05) is 13.1 Å². The van der Waals surface area contributed by atoms with Crippen LogP contribution in [0.5, 0.6) is 0 Å². The van der Waals surface area contributed by atoms with E-state index in [1.54, 1.807) is 6.07 Å². The average molecular weight is 282 g/mol. The van der Waals surface area contributed by atoms with Gasteiger partial charge in [-0.1, -0.05) is 49.7 Å². The molecule has 1 aromatic carbocycles. The smallest absolute Gasteiger partial charge is 0.145 e. The molecule has 104 valence electrons. The molecule has 0 fully saturated rings. The molecule has 0 spiro atoms. The van der Waals surface area contributed by atoms with E-state index in [1.807, 2.05) is 12.1 Å². The standard InChI is InChI=1S/C16H21ClFN/c1-12(2)10-19-11-16(8-3-4-9-16)13-6-5-7-14(17)15(13)18/h3-7,12,19H,8-11H2,1-2H3. The highest BCUT2D eigenvalue weighted by atomic mass is 35.5. The summed E-state index contributed by atoms with van der Waals surface area (Å²) in [7, 11) is 0. The van der Waals surface area contributed by atoms with E-state index in [9.17, 15) is 4.39 Å². The average Bonchev–Trinajstić information content (AvgIpc) is 2.82. The van der Waals surface area contributed by atoms with Gasteiger partial charge in [0.25, 0.3) is 0 Å². The van der Waals surface area contributed by atoms with Gasteiger partial charge in [0.05, 0.1) is 5.02 Å². The van der Waals surface area contributed by atoms with Gasteiger partial charge in [-0.25, -0.2) is 4.39 Å². The van der Waals surface area contributed by atoms with Crippen molar-refractivity contribution < 1.29 is 4.39 Å².